The molecule has 3 aliphatic rings. The van der Waals surface area contributed by atoms with Gasteiger partial charge in [-0.2, -0.15) is 0 Å². The lowest BCUT2D eigenvalue weighted by Gasteiger charge is -2.22. The highest BCUT2D eigenvalue weighted by Gasteiger charge is 2.56. The van der Waals surface area contributed by atoms with E-state index in [9.17, 15) is 9.59 Å². The fourth-order valence-electron chi connectivity index (χ4n) is 3.42. The molecule has 1 heterocycles. The Hall–Kier alpha value is -0.710. The molecule has 2 unspecified atom stereocenters. The van der Waals surface area contributed by atoms with E-state index in [1.165, 1.54) is 25.7 Å². The summed E-state index contributed by atoms with van der Waals surface area (Å²) < 4.78 is 0. The van der Waals surface area contributed by atoms with Gasteiger partial charge in [0.2, 0.25) is 11.8 Å². The first-order chi connectivity index (χ1) is 8.62. The number of carbonyl (C=O) groups excluding carboxylic acids is 2. The van der Waals surface area contributed by atoms with Crippen LogP contribution in [-0.2, 0) is 9.59 Å². The zero-order valence-electron chi connectivity index (χ0n) is 10.8. The van der Waals surface area contributed by atoms with Gasteiger partial charge in [0.25, 0.3) is 0 Å². The van der Waals surface area contributed by atoms with Crippen LogP contribution in [0.3, 0.4) is 0 Å². The number of carbonyl (C=O) groups is 2. The summed E-state index contributed by atoms with van der Waals surface area (Å²) >= 11 is 1.66. The SMILES string of the molecule is CC(=O)N1CSCC1C(=O)NC1CC12CCCC2. The van der Waals surface area contributed by atoms with Gasteiger partial charge in [0, 0.05) is 18.7 Å². The van der Waals surface area contributed by atoms with E-state index in [1.54, 1.807) is 23.6 Å². The van der Waals surface area contributed by atoms with Gasteiger partial charge in [-0.25, -0.2) is 0 Å². The Morgan fingerprint density at radius 1 is 1.33 bits per heavy atom. The van der Waals surface area contributed by atoms with Gasteiger partial charge in [0.1, 0.15) is 6.04 Å². The molecule has 1 saturated heterocycles. The molecule has 0 bridgehead atoms. The monoisotopic (exact) mass is 268 g/mol. The van der Waals surface area contributed by atoms with Crippen LogP contribution in [0.5, 0.6) is 0 Å². The predicted molar refractivity (Wildman–Crippen MR) is 71.1 cm³/mol. The van der Waals surface area contributed by atoms with Crippen molar-refractivity contribution in [2.24, 2.45) is 5.41 Å². The van der Waals surface area contributed by atoms with E-state index < -0.39 is 0 Å². The van der Waals surface area contributed by atoms with Gasteiger partial charge in [0.15, 0.2) is 0 Å². The smallest absolute Gasteiger partial charge is 0.243 e. The minimum atomic E-state index is -0.244. The molecule has 100 valence electrons. The highest BCUT2D eigenvalue weighted by atomic mass is 32.2. The Bertz CT molecular complexity index is 379. The Morgan fingerprint density at radius 2 is 2.06 bits per heavy atom. The van der Waals surface area contributed by atoms with Gasteiger partial charge in [0.05, 0.1) is 5.88 Å². The Labute approximate surface area is 112 Å². The first-order valence-corrected chi connectivity index (χ1v) is 7.93. The summed E-state index contributed by atoms with van der Waals surface area (Å²) in [5.74, 6) is 1.46. The number of hydrogen-bond acceptors (Lipinski definition) is 3. The fourth-order valence-corrected chi connectivity index (χ4v) is 4.64. The third-order valence-corrected chi connectivity index (χ3v) is 5.71. The molecule has 0 aromatic carbocycles. The van der Waals surface area contributed by atoms with Crippen LogP contribution in [0.15, 0.2) is 0 Å². The van der Waals surface area contributed by atoms with Crippen LogP contribution in [0.4, 0.5) is 0 Å². The highest BCUT2D eigenvalue weighted by Crippen LogP contribution is 2.57. The molecule has 5 heteroatoms. The van der Waals surface area contributed by atoms with Crippen LogP contribution in [0.1, 0.15) is 39.0 Å². The molecule has 18 heavy (non-hydrogen) atoms. The summed E-state index contributed by atoms with van der Waals surface area (Å²) in [6.07, 6.45) is 6.32. The number of nitrogens with one attached hydrogen (secondary N) is 1. The average molecular weight is 268 g/mol. The Kier molecular flexibility index (Phi) is 3.04. The first kappa shape index (κ1) is 12.3. The van der Waals surface area contributed by atoms with Crippen molar-refractivity contribution in [2.75, 3.05) is 11.6 Å². The molecule has 2 atom stereocenters. The zero-order valence-corrected chi connectivity index (χ0v) is 11.6. The largest absolute Gasteiger partial charge is 0.351 e. The predicted octanol–water partition coefficient (Wildman–Crippen LogP) is 1.36. The molecule has 3 fully saturated rings. The van der Waals surface area contributed by atoms with Gasteiger partial charge in [-0.3, -0.25) is 9.59 Å². The summed E-state index contributed by atoms with van der Waals surface area (Å²) in [6.45, 7) is 1.54. The highest BCUT2D eigenvalue weighted by molar-refractivity contribution is 7.99. The Balaban J connectivity index is 1.57. The molecule has 1 N–H and O–H groups in total. The van der Waals surface area contributed by atoms with Crippen LogP contribution < -0.4 is 5.32 Å². The van der Waals surface area contributed by atoms with E-state index in [4.69, 9.17) is 0 Å². The topological polar surface area (TPSA) is 49.4 Å². The van der Waals surface area contributed by atoms with Crippen molar-refractivity contribution < 1.29 is 9.59 Å². The van der Waals surface area contributed by atoms with Crippen molar-refractivity contribution in [3.8, 4) is 0 Å². The second kappa shape index (κ2) is 4.44. The quantitative estimate of drug-likeness (QED) is 0.822. The lowest BCUT2D eigenvalue weighted by atomic mass is 10.1. The van der Waals surface area contributed by atoms with Crippen molar-refractivity contribution >= 4 is 23.6 Å². The molecule has 3 rings (SSSR count). The summed E-state index contributed by atoms with van der Waals surface area (Å²) in [7, 11) is 0. The van der Waals surface area contributed by atoms with Gasteiger partial charge in [-0.05, 0) is 24.7 Å². The van der Waals surface area contributed by atoms with Gasteiger partial charge in [-0.1, -0.05) is 12.8 Å². The lowest BCUT2D eigenvalue weighted by Crippen LogP contribution is -2.47. The molecule has 4 nitrogen and oxygen atoms in total. The van der Waals surface area contributed by atoms with Crippen LogP contribution in [0.2, 0.25) is 0 Å². The van der Waals surface area contributed by atoms with Crippen molar-refractivity contribution in [3.63, 3.8) is 0 Å². The number of amides is 2. The van der Waals surface area contributed by atoms with Crippen molar-refractivity contribution in [3.05, 3.63) is 0 Å². The van der Waals surface area contributed by atoms with Gasteiger partial charge in [-0.15, -0.1) is 11.8 Å². The average Bonchev–Trinajstić information content (AvgIpc) is 2.77. The zero-order chi connectivity index (χ0) is 12.8. The molecule has 0 aromatic heterocycles. The molecule has 2 aliphatic carbocycles. The molecule has 0 aromatic rings. The number of thioether (sulfide) groups is 1. The number of rotatable bonds is 2. The van der Waals surface area contributed by atoms with Crippen LogP contribution in [0.25, 0.3) is 0 Å². The minimum Gasteiger partial charge on any atom is -0.351 e. The summed E-state index contributed by atoms with van der Waals surface area (Å²) in [5, 5.41) is 3.17. The molecule has 2 saturated carbocycles. The van der Waals surface area contributed by atoms with E-state index >= 15 is 0 Å². The standard InChI is InChI=1S/C13H20N2O2S/c1-9(16)15-8-18-7-10(15)12(17)14-11-6-13(11)4-2-3-5-13/h10-11H,2-8H2,1H3,(H,14,17). The summed E-state index contributed by atoms with van der Waals surface area (Å²) in [5.41, 5.74) is 0.433. The van der Waals surface area contributed by atoms with E-state index in [-0.39, 0.29) is 17.9 Å². The molecular weight excluding hydrogens is 248 g/mol. The fraction of sp³-hybridized carbons (Fsp3) is 0.846. The minimum absolute atomic E-state index is 0.00604. The van der Waals surface area contributed by atoms with E-state index in [0.717, 1.165) is 12.2 Å². The number of hydrogen-bond donors (Lipinski definition) is 1. The second-order valence-electron chi connectivity index (χ2n) is 5.84. The maximum Gasteiger partial charge on any atom is 0.243 e. The van der Waals surface area contributed by atoms with Crippen molar-refractivity contribution in [1.29, 1.82) is 0 Å². The van der Waals surface area contributed by atoms with E-state index in [0.29, 0.717) is 17.3 Å². The third-order valence-electron chi connectivity index (χ3n) is 4.69. The summed E-state index contributed by atoms with van der Waals surface area (Å²) in [6, 6.07) is 0.137. The van der Waals surface area contributed by atoms with Crippen molar-refractivity contribution in [1.82, 2.24) is 10.2 Å². The van der Waals surface area contributed by atoms with Crippen LogP contribution in [0, 0.1) is 5.41 Å². The van der Waals surface area contributed by atoms with Crippen LogP contribution >= 0.6 is 11.8 Å². The second-order valence-corrected chi connectivity index (χ2v) is 6.84. The van der Waals surface area contributed by atoms with Crippen molar-refractivity contribution in [2.45, 2.75) is 51.1 Å². The molecule has 0 radical (unpaired) electrons. The van der Waals surface area contributed by atoms with E-state index in [2.05, 4.69) is 5.32 Å². The van der Waals surface area contributed by atoms with Gasteiger partial charge >= 0.3 is 0 Å². The first-order valence-electron chi connectivity index (χ1n) is 6.78. The molecule has 1 aliphatic heterocycles. The Morgan fingerprint density at radius 3 is 2.72 bits per heavy atom. The third kappa shape index (κ3) is 2.02. The number of nitrogens with zero attached hydrogens (tertiary/aromatic N) is 1. The molecular formula is C13H20N2O2S. The van der Waals surface area contributed by atoms with E-state index in [1.807, 2.05) is 0 Å². The summed E-state index contributed by atoms with van der Waals surface area (Å²) in [4.78, 5) is 25.4. The van der Waals surface area contributed by atoms with Crippen LogP contribution in [-0.4, -0.2) is 40.4 Å². The van der Waals surface area contributed by atoms with Gasteiger partial charge < -0.3 is 10.2 Å². The molecule has 2 amide bonds. The maximum absolute atomic E-state index is 12.2. The molecule has 1 spiro atoms. The normalized spacial score (nSPS) is 32.8. The lowest BCUT2D eigenvalue weighted by molar-refractivity contribution is -0.136. The maximum atomic E-state index is 12.2.